The standard InChI is InChI=1S/C14H24B4/c1-3-8-18(15)9-7-13-11-5-6-12(10-11)14(13)17-16-4-2/h5-6,11-14H,3-4,7-10H2,1-2H3. The van der Waals surface area contributed by atoms with Crippen LogP contribution in [0.25, 0.3) is 0 Å². The van der Waals surface area contributed by atoms with E-state index in [-0.39, 0.29) is 0 Å². The van der Waals surface area contributed by atoms with Crippen molar-refractivity contribution >= 4 is 28.7 Å². The highest BCUT2D eigenvalue weighted by Crippen LogP contribution is 2.53. The Morgan fingerprint density at radius 2 is 2.00 bits per heavy atom. The maximum atomic E-state index is 6.17. The molecule has 1 saturated carbocycles. The van der Waals surface area contributed by atoms with Gasteiger partial charge in [-0.1, -0.05) is 63.6 Å². The molecule has 0 nitrogen and oxygen atoms in total. The molecule has 0 aromatic carbocycles. The Bertz CT molecular complexity index is 279. The first kappa shape index (κ1) is 14.4. The minimum atomic E-state index is 0.425. The summed E-state index contributed by atoms with van der Waals surface area (Å²) in [6.45, 7) is 4.88. The van der Waals surface area contributed by atoms with Crippen molar-refractivity contribution in [3.63, 3.8) is 0 Å². The minimum absolute atomic E-state index is 0.425. The van der Waals surface area contributed by atoms with Gasteiger partial charge in [0, 0.05) is 7.74 Å². The van der Waals surface area contributed by atoms with Gasteiger partial charge in [0.05, 0.1) is 20.9 Å². The molecular formula is C14H24B4. The van der Waals surface area contributed by atoms with Crippen LogP contribution in [0.3, 0.4) is 0 Å². The molecule has 2 bridgehead atoms. The lowest BCUT2D eigenvalue weighted by molar-refractivity contribution is 0.432. The summed E-state index contributed by atoms with van der Waals surface area (Å²) < 4.78 is 0. The molecule has 0 spiro atoms. The van der Waals surface area contributed by atoms with Crippen LogP contribution < -0.4 is 0 Å². The van der Waals surface area contributed by atoms with Crippen molar-refractivity contribution in [3.05, 3.63) is 12.2 Å². The number of rotatable bonds is 8. The van der Waals surface area contributed by atoms with Gasteiger partial charge in [-0.25, -0.2) is 0 Å². The maximum Gasteiger partial charge on any atom is 0.0905 e. The van der Waals surface area contributed by atoms with Gasteiger partial charge in [-0.15, -0.1) is 0 Å². The van der Waals surface area contributed by atoms with E-state index < -0.39 is 0 Å². The average Bonchev–Trinajstić information content (AvgIpc) is 2.94. The zero-order valence-corrected chi connectivity index (χ0v) is 12.0. The molecule has 4 unspecified atom stereocenters. The summed E-state index contributed by atoms with van der Waals surface area (Å²) >= 11 is 0. The summed E-state index contributed by atoms with van der Waals surface area (Å²) in [4.78, 5) is 0. The Hall–Kier alpha value is -0.000260. The highest BCUT2D eigenvalue weighted by molar-refractivity contribution is 7.03. The van der Waals surface area contributed by atoms with E-state index in [1.165, 1.54) is 38.2 Å². The average molecular weight is 236 g/mol. The highest BCUT2D eigenvalue weighted by Gasteiger charge is 2.42. The van der Waals surface area contributed by atoms with Crippen LogP contribution in [0.1, 0.15) is 33.1 Å². The van der Waals surface area contributed by atoms with Gasteiger partial charge >= 0.3 is 0 Å². The van der Waals surface area contributed by atoms with Crippen LogP contribution >= 0.6 is 0 Å². The van der Waals surface area contributed by atoms with Crippen molar-refractivity contribution in [3.8, 4) is 0 Å². The van der Waals surface area contributed by atoms with Crippen molar-refractivity contribution in [2.75, 3.05) is 0 Å². The van der Waals surface area contributed by atoms with Gasteiger partial charge in [0.1, 0.15) is 0 Å². The summed E-state index contributed by atoms with van der Waals surface area (Å²) in [6, 6.07) is 0. The minimum Gasteiger partial charge on any atom is -0.0914 e. The van der Waals surface area contributed by atoms with Crippen molar-refractivity contribution in [1.29, 1.82) is 0 Å². The van der Waals surface area contributed by atoms with E-state index in [1.807, 2.05) is 0 Å². The topological polar surface area (TPSA) is 0 Å². The molecule has 0 aromatic heterocycles. The SMILES string of the molecule is [B]B(CCC)CCC1C2C=CC(C2)C1[B][B]CC. The summed E-state index contributed by atoms with van der Waals surface area (Å²) in [5.41, 5.74) is 0. The monoisotopic (exact) mass is 236 g/mol. The zero-order chi connectivity index (χ0) is 13.0. The highest BCUT2D eigenvalue weighted by atomic mass is 14.4. The van der Waals surface area contributed by atoms with E-state index in [4.69, 9.17) is 7.74 Å². The Morgan fingerprint density at radius 1 is 1.22 bits per heavy atom. The third-order valence-electron chi connectivity index (χ3n) is 4.81. The molecule has 0 N–H and O–H groups in total. The second-order valence-corrected chi connectivity index (χ2v) is 6.15. The van der Waals surface area contributed by atoms with Gasteiger partial charge in [0.25, 0.3) is 0 Å². The van der Waals surface area contributed by atoms with Crippen LogP contribution in [-0.4, -0.2) is 28.7 Å². The molecule has 4 heteroatoms. The van der Waals surface area contributed by atoms with Crippen molar-refractivity contribution in [1.82, 2.24) is 0 Å². The lowest BCUT2D eigenvalue weighted by Gasteiger charge is -2.28. The smallest absolute Gasteiger partial charge is 0.0905 e. The molecule has 4 atom stereocenters. The molecule has 0 aromatic rings. The van der Waals surface area contributed by atoms with Crippen molar-refractivity contribution < 1.29 is 0 Å². The molecule has 0 aliphatic heterocycles. The first-order valence-corrected chi connectivity index (χ1v) is 7.86. The summed E-state index contributed by atoms with van der Waals surface area (Å²) in [5.74, 6) is 3.33. The number of allylic oxidation sites excluding steroid dienone is 2. The quantitative estimate of drug-likeness (QED) is 0.447. The number of hydrogen-bond donors (Lipinski definition) is 0. The molecule has 4 radical (unpaired) electrons. The largest absolute Gasteiger partial charge is 0.0914 e. The zero-order valence-electron chi connectivity index (χ0n) is 12.0. The Kier molecular flexibility index (Phi) is 5.57. The van der Waals surface area contributed by atoms with Crippen LogP contribution in [0.15, 0.2) is 12.2 Å². The maximum absolute atomic E-state index is 6.17. The molecule has 2 aliphatic carbocycles. The molecule has 0 heterocycles. The van der Waals surface area contributed by atoms with Crippen molar-refractivity contribution in [2.45, 2.75) is 57.9 Å². The van der Waals surface area contributed by atoms with E-state index in [2.05, 4.69) is 40.3 Å². The molecule has 92 valence electrons. The first-order chi connectivity index (χ1) is 8.76. The molecule has 2 rings (SSSR count). The third-order valence-corrected chi connectivity index (χ3v) is 4.81. The second-order valence-electron chi connectivity index (χ2n) is 6.15. The molecule has 0 saturated heterocycles. The summed E-state index contributed by atoms with van der Waals surface area (Å²) in [5, 5.41) is 0. The second kappa shape index (κ2) is 6.96. The molecule has 1 fully saturated rings. The lowest BCUT2D eigenvalue weighted by atomic mass is 9.27. The fraction of sp³-hybridized carbons (Fsp3) is 0.857. The third kappa shape index (κ3) is 3.31. The van der Waals surface area contributed by atoms with E-state index in [0.29, 0.717) is 6.60 Å². The van der Waals surface area contributed by atoms with Gasteiger partial charge in [0.15, 0.2) is 0 Å². The number of fused-ring (bicyclic) bond motifs is 2. The van der Waals surface area contributed by atoms with Gasteiger partial charge in [-0.3, -0.25) is 0 Å². The van der Waals surface area contributed by atoms with E-state index >= 15 is 0 Å². The van der Waals surface area contributed by atoms with E-state index in [9.17, 15) is 0 Å². The van der Waals surface area contributed by atoms with E-state index in [0.717, 1.165) is 23.6 Å². The van der Waals surface area contributed by atoms with Crippen molar-refractivity contribution in [2.24, 2.45) is 17.8 Å². The Balaban J connectivity index is 1.83. The molecule has 0 amide bonds. The van der Waals surface area contributed by atoms with Gasteiger partial charge in [-0.05, 0) is 24.2 Å². The van der Waals surface area contributed by atoms with Gasteiger partial charge in [-0.2, -0.15) is 0 Å². The molecule has 18 heavy (non-hydrogen) atoms. The molecular weight excluding hydrogens is 211 g/mol. The van der Waals surface area contributed by atoms with Crippen LogP contribution in [0.5, 0.6) is 0 Å². The Labute approximate surface area is 117 Å². The van der Waals surface area contributed by atoms with Gasteiger partial charge < -0.3 is 0 Å². The van der Waals surface area contributed by atoms with Crippen LogP contribution in [0.2, 0.25) is 24.8 Å². The molecule has 2 aliphatic rings. The Morgan fingerprint density at radius 3 is 2.72 bits per heavy atom. The van der Waals surface area contributed by atoms with Gasteiger partial charge in [0.2, 0.25) is 0 Å². The first-order valence-electron chi connectivity index (χ1n) is 7.86. The summed E-state index contributed by atoms with van der Waals surface area (Å²) in [6.07, 6.45) is 12.4. The fourth-order valence-corrected chi connectivity index (χ4v) is 3.87. The van der Waals surface area contributed by atoms with Crippen LogP contribution in [0.4, 0.5) is 0 Å². The van der Waals surface area contributed by atoms with Crippen LogP contribution in [-0.2, 0) is 0 Å². The summed E-state index contributed by atoms with van der Waals surface area (Å²) in [7, 11) is 11.0. The fourth-order valence-electron chi connectivity index (χ4n) is 3.87. The van der Waals surface area contributed by atoms with E-state index in [1.54, 1.807) is 0 Å². The predicted octanol–water partition coefficient (Wildman–Crippen LogP) is 3.32. The normalized spacial score (nSPS) is 32.8. The lowest BCUT2D eigenvalue weighted by Crippen LogP contribution is -2.25. The number of hydrogen-bond acceptors (Lipinski definition) is 0. The predicted molar refractivity (Wildman–Crippen MR) is 86.0 cm³/mol. The van der Waals surface area contributed by atoms with Crippen LogP contribution in [0, 0.1) is 17.8 Å².